The first-order chi connectivity index (χ1) is 13.4. The molecule has 0 aliphatic rings. The summed E-state index contributed by atoms with van der Waals surface area (Å²) < 4.78 is 26.5. The molecule has 5 nitrogen and oxygen atoms in total. The highest BCUT2D eigenvalue weighted by molar-refractivity contribution is 7.14. The van der Waals surface area contributed by atoms with Crippen LogP contribution in [0.5, 0.6) is 0 Å². The van der Waals surface area contributed by atoms with E-state index >= 15 is 0 Å². The van der Waals surface area contributed by atoms with Crippen molar-refractivity contribution >= 4 is 33.4 Å². The van der Waals surface area contributed by atoms with E-state index in [1.807, 2.05) is 13.8 Å². The Balaban J connectivity index is 1.57. The lowest BCUT2D eigenvalue weighted by Gasteiger charge is -2.05. The quantitative estimate of drug-likeness (QED) is 0.535. The predicted molar refractivity (Wildman–Crippen MR) is 104 cm³/mol. The van der Waals surface area contributed by atoms with Crippen LogP contribution in [0.3, 0.4) is 0 Å². The Morgan fingerprint density at radius 2 is 1.68 bits per heavy atom. The third-order valence-electron chi connectivity index (χ3n) is 4.28. The van der Waals surface area contributed by atoms with E-state index in [4.69, 9.17) is 0 Å². The fourth-order valence-electron chi connectivity index (χ4n) is 2.66. The number of anilines is 1. The number of nitrogens with zero attached hydrogens (tertiary/aromatic N) is 3. The minimum atomic E-state index is -0.945. The van der Waals surface area contributed by atoms with Crippen LogP contribution in [0.1, 0.15) is 21.7 Å². The lowest BCUT2D eigenvalue weighted by atomic mass is 10.1. The standard InChI is InChI=1S/C20H14F2N4OS/c1-10-11(2)24-17-8-13(4-6-16(17)23-10)19(27)26-20-25-18(9-28-20)12-3-5-14(21)15(22)7-12/h3-9H,1-2H3,(H,25,26,27). The average molecular weight is 396 g/mol. The van der Waals surface area contributed by atoms with Crippen molar-refractivity contribution < 1.29 is 13.6 Å². The van der Waals surface area contributed by atoms with Gasteiger partial charge in [-0.3, -0.25) is 10.1 Å². The summed E-state index contributed by atoms with van der Waals surface area (Å²) >= 11 is 1.20. The number of carbonyl (C=O) groups excluding carboxylic acids is 1. The zero-order valence-corrected chi connectivity index (χ0v) is 15.8. The normalized spacial score (nSPS) is 11.0. The molecular formula is C20H14F2N4OS. The highest BCUT2D eigenvalue weighted by atomic mass is 32.1. The molecule has 0 spiro atoms. The van der Waals surface area contributed by atoms with Gasteiger partial charge in [-0.25, -0.2) is 23.7 Å². The largest absolute Gasteiger partial charge is 0.298 e. The first-order valence-electron chi connectivity index (χ1n) is 8.38. The molecular weight excluding hydrogens is 382 g/mol. The second kappa shape index (κ2) is 7.05. The predicted octanol–water partition coefficient (Wildman–Crippen LogP) is 4.90. The van der Waals surface area contributed by atoms with E-state index in [1.54, 1.807) is 23.6 Å². The highest BCUT2D eigenvalue weighted by Crippen LogP contribution is 2.26. The number of benzene rings is 2. The van der Waals surface area contributed by atoms with Crippen LogP contribution in [0.2, 0.25) is 0 Å². The van der Waals surface area contributed by atoms with E-state index in [1.165, 1.54) is 17.4 Å². The number of rotatable bonds is 3. The first kappa shape index (κ1) is 18.1. The molecule has 0 fully saturated rings. The Hall–Kier alpha value is -3.26. The number of nitrogens with one attached hydrogen (secondary N) is 1. The van der Waals surface area contributed by atoms with Crippen LogP contribution in [0.15, 0.2) is 41.8 Å². The Morgan fingerprint density at radius 1 is 0.929 bits per heavy atom. The van der Waals surface area contributed by atoms with Gasteiger partial charge in [-0.2, -0.15) is 0 Å². The summed E-state index contributed by atoms with van der Waals surface area (Å²) in [6.45, 7) is 3.75. The molecule has 0 radical (unpaired) electrons. The van der Waals surface area contributed by atoms with Crippen molar-refractivity contribution in [1.29, 1.82) is 0 Å². The van der Waals surface area contributed by atoms with Crippen LogP contribution in [0, 0.1) is 25.5 Å². The Labute approximate surface area is 163 Å². The average Bonchev–Trinajstić information content (AvgIpc) is 3.13. The molecule has 28 heavy (non-hydrogen) atoms. The fourth-order valence-corrected chi connectivity index (χ4v) is 3.38. The number of fused-ring (bicyclic) bond motifs is 1. The number of hydrogen-bond donors (Lipinski definition) is 1. The molecule has 8 heteroatoms. The van der Waals surface area contributed by atoms with Crippen molar-refractivity contribution in [2.24, 2.45) is 0 Å². The maximum absolute atomic E-state index is 13.4. The second-order valence-electron chi connectivity index (χ2n) is 6.22. The molecule has 0 aliphatic carbocycles. The number of amides is 1. The number of aryl methyl sites for hydroxylation is 2. The Morgan fingerprint density at radius 3 is 2.43 bits per heavy atom. The lowest BCUT2D eigenvalue weighted by Crippen LogP contribution is -2.11. The molecule has 0 saturated carbocycles. The Kier molecular flexibility index (Phi) is 4.56. The van der Waals surface area contributed by atoms with Crippen LogP contribution < -0.4 is 5.32 Å². The molecule has 2 heterocycles. The molecule has 1 N–H and O–H groups in total. The minimum absolute atomic E-state index is 0.340. The van der Waals surface area contributed by atoms with E-state index in [-0.39, 0.29) is 5.91 Å². The number of hydrogen-bond acceptors (Lipinski definition) is 5. The van der Waals surface area contributed by atoms with Crippen molar-refractivity contribution in [2.75, 3.05) is 5.32 Å². The number of thiazole rings is 1. The second-order valence-corrected chi connectivity index (χ2v) is 7.08. The maximum Gasteiger partial charge on any atom is 0.257 e. The van der Waals surface area contributed by atoms with Gasteiger partial charge in [0.05, 0.1) is 28.1 Å². The van der Waals surface area contributed by atoms with E-state index < -0.39 is 11.6 Å². The van der Waals surface area contributed by atoms with E-state index in [0.29, 0.717) is 27.5 Å². The summed E-state index contributed by atoms with van der Waals surface area (Å²) in [6.07, 6.45) is 0. The molecule has 2 aromatic heterocycles. The van der Waals surface area contributed by atoms with Crippen LogP contribution in [0.4, 0.5) is 13.9 Å². The van der Waals surface area contributed by atoms with Gasteiger partial charge in [-0.1, -0.05) is 0 Å². The fraction of sp³-hybridized carbons (Fsp3) is 0.100. The van der Waals surface area contributed by atoms with Gasteiger partial charge in [-0.05, 0) is 50.2 Å². The summed E-state index contributed by atoms with van der Waals surface area (Å²) in [5.74, 6) is -2.20. The van der Waals surface area contributed by atoms with Gasteiger partial charge < -0.3 is 0 Å². The van der Waals surface area contributed by atoms with Crippen molar-refractivity contribution in [1.82, 2.24) is 15.0 Å². The van der Waals surface area contributed by atoms with Crippen molar-refractivity contribution in [3.8, 4) is 11.3 Å². The molecule has 4 aromatic rings. The van der Waals surface area contributed by atoms with Crippen molar-refractivity contribution in [3.63, 3.8) is 0 Å². The zero-order chi connectivity index (χ0) is 19.8. The van der Waals surface area contributed by atoms with Gasteiger partial charge in [-0.15, -0.1) is 11.3 Å². The molecule has 0 unspecified atom stereocenters. The summed E-state index contributed by atoms with van der Waals surface area (Å²) in [6, 6.07) is 8.65. The minimum Gasteiger partial charge on any atom is -0.298 e. The van der Waals surface area contributed by atoms with Gasteiger partial charge in [0.15, 0.2) is 16.8 Å². The Bertz CT molecular complexity index is 1220. The molecule has 2 aromatic carbocycles. The zero-order valence-electron chi connectivity index (χ0n) is 15.0. The van der Waals surface area contributed by atoms with Crippen molar-refractivity contribution in [3.05, 3.63) is 70.4 Å². The SMILES string of the molecule is Cc1nc2ccc(C(=O)Nc3nc(-c4ccc(F)c(F)c4)cs3)cc2nc1C. The van der Waals surface area contributed by atoms with Gasteiger partial charge in [0.2, 0.25) is 0 Å². The van der Waals surface area contributed by atoms with Gasteiger partial charge >= 0.3 is 0 Å². The van der Waals surface area contributed by atoms with Gasteiger partial charge in [0, 0.05) is 16.5 Å². The summed E-state index contributed by atoms with van der Waals surface area (Å²) in [5.41, 5.74) is 4.32. The number of halogens is 2. The lowest BCUT2D eigenvalue weighted by molar-refractivity contribution is 0.102. The highest BCUT2D eigenvalue weighted by Gasteiger charge is 2.13. The first-order valence-corrected chi connectivity index (χ1v) is 9.26. The van der Waals surface area contributed by atoms with Crippen LogP contribution in [0.25, 0.3) is 22.3 Å². The summed E-state index contributed by atoms with van der Waals surface area (Å²) in [5, 5.41) is 4.74. The molecule has 0 atom stereocenters. The molecule has 0 bridgehead atoms. The van der Waals surface area contributed by atoms with Crippen LogP contribution >= 0.6 is 11.3 Å². The smallest absolute Gasteiger partial charge is 0.257 e. The monoisotopic (exact) mass is 396 g/mol. The number of carbonyl (C=O) groups is 1. The molecule has 4 rings (SSSR count). The van der Waals surface area contributed by atoms with E-state index in [2.05, 4.69) is 20.3 Å². The summed E-state index contributed by atoms with van der Waals surface area (Å²) in [7, 11) is 0. The van der Waals surface area contributed by atoms with Crippen LogP contribution in [-0.2, 0) is 0 Å². The van der Waals surface area contributed by atoms with Crippen LogP contribution in [-0.4, -0.2) is 20.9 Å². The molecule has 0 saturated heterocycles. The van der Waals surface area contributed by atoms with Gasteiger partial charge in [0.25, 0.3) is 5.91 Å². The summed E-state index contributed by atoms with van der Waals surface area (Å²) in [4.78, 5) is 25.7. The van der Waals surface area contributed by atoms with E-state index in [9.17, 15) is 13.6 Å². The maximum atomic E-state index is 13.4. The topological polar surface area (TPSA) is 67.8 Å². The molecule has 1 amide bonds. The third kappa shape index (κ3) is 3.46. The molecule has 0 aliphatic heterocycles. The van der Waals surface area contributed by atoms with Gasteiger partial charge in [0.1, 0.15) is 0 Å². The molecule has 140 valence electrons. The third-order valence-corrected chi connectivity index (χ3v) is 5.04. The van der Waals surface area contributed by atoms with Crippen molar-refractivity contribution in [2.45, 2.75) is 13.8 Å². The van der Waals surface area contributed by atoms with E-state index in [0.717, 1.165) is 29.0 Å². The number of aromatic nitrogens is 3.